The van der Waals surface area contributed by atoms with Crippen LogP contribution in [0.5, 0.6) is 0 Å². The maximum atomic E-state index is 12.0. The molecule has 0 aliphatic rings. The van der Waals surface area contributed by atoms with Crippen molar-refractivity contribution in [3.63, 3.8) is 0 Å². The van der Waals surface area contributed by atoms with Crippen LogP contribution in [-0.2, 0) is 13.8 Å². The topological polar surface area (TPSA) is 60.4 Å². The van der Waals surface area contributed by atoms with Crippen molar-refractivity contribution >= 4 is 41.6 Å². The maximum absolute atomic E-state index is 12.0. The fraction of sp³-hybridized carbons (Fsp3) is 0.462. The third kappa shape index (κ3) is 5.07. The van der Waals surface area contributed by atoms with Crippen LogP contribution in [0.3, 0.4) is 0 Å². The Bertz CT molecular complexity index is 598. The molecule has 0 aliphatic carbocycles. The zero-order valence-corrected chi connectivity index (χ0v) is 14.5. The molecule has 0 saturated heterocycles. The smallest absolute Gasteiger partial charge is 0.339 e. The van der Waals surface area contributed by atoms with Crippen LogP contribution < -0.4 is 0 Å². The summed E-state index contributed by atoms with van der Waals surface area (Å²) in [7, 11) is 1.39. The maximum Gasteiger partial charge on any atom is 0.339 e. The monoisotopic (exact) mass is 382 g/mol. The third-order valence-corrected chi connectivity index (χ3v) is 4.59. The van der Waals surface area contributed by atoms with Gasteiger partial charge in [0.05, 0.1) is 16.6 Å². The summed E-state index contributed by atoms with van der Waals surface area (Å²) in [4.78, 5) is 11.9. The Morgan fingerprint density at radius 3 is 2.45 bits per heavy atom. The van der Waals surface area contributed by atoms with Gasteiger partial charge in [0.25, 0.3) is 9.05 Å². The van der Waals surface area contributed by atoms with Gasteiger partial charge in [0.1, 0.15) is 0 Å². The zero-order valence-electron chi connectivity index (χ0n) is 11.4. The summed E-state index contributed by atoms with van der Waals surface area (Å²) >= 11 is 3.20. The normalized spacial score (nSPS) is 13.3. The van der Waals surface area contributed by atoms with E-state index in [4.69, 9.17) is 15.4 Å². The first-order chi connectivity index (χ1) is 9.11. The molecule has 0 aliphatic heterocycles. The first kappa shape index (κ1) is 17.5. The number of carbonyl (C=O) groups is 1. The van der Waals surface area contributed by atoms with Crippen LogP contribution in [0.4, 0.5) is 0 Å². The summed E-state index contributed by atoms with van der Waals surface area (Å²) in [6, 6.07) is 3.98. The molecule has 0 amide bonds. The van der Waals surface area contributed by atoms with Crippen molar-refractivity contribution in [1.82, 2.24) is 0 Å². The Balaban J connectivity index is 2.98. The number of benzene rings is 1. The van der Waals surface area contributed by atoms with E-state index in [1.807, 2.05) is 13.8 Å². The lowest BCUT2D eigenvalue weighted by Gasteiger charge is -2.16. The highest BCUT2D eigenvalue weighted by Gasteiger charge is 2.19. The van der Waals surface area contributed by atoms with Gasteiger partial charge >= 0.3 is 5.97 Å². The molecule has 0 saturated carbocycles. The van der Waals surface area contributed by atoms with Crippen LogP contribution in [0.25, 0.3) is 0 Å². The lowest BCUT2D eigenvalue weighted by molar-refractivity contribution is 0.0298. The van der Waals surface area contributed by atoms with Crippen LogP contribution in [0, 0.1) is 5.92 Å². The Morgan fingerprint density at radius 1 is 1.35 bits per heavy atom. The van der Waals surface area contributed by atoms with Crippen LogP contribution >= 0.6 is 26.6 Å². The number of ether oxygens (including phenoxy) is 1. The average Bonchev–Trinajstić information content (AvgIpc) is 2.26. The highest BCUT2D eigenvalue weighted by Crippen LogP contribution is 2.24. The van der Waals surface area contributed by atoms with Crippen LogP contribution in [-0.4, -0.2) is 20.5 Å². The third-order valence-electron chi connectivity index (χ3n) is 2.55. The highest BCUT2D eigenvalue weighted by atomic mass is 79.9. The van der Waals surface area contributed by atoms with Gasteiger partial charge in [-0.2, -0.15) is 0 Å². The van der Waals surface area contributed by atoms with Gasteiger partial charge in [-0.1, -0.05) is 13.8 Å². The molecular formula is C13H16BrClO4S. The quantitative estimate of drug-likeness (QED) is 0.570. The number of hydrogen-bond acceptors (Lipinski definition) is 4. The standard InChI is InChI=1S/C13H16BrClO4S/c1-8(2)6-9(3)19-13(16)11-7-10(20(15,17)18)4-5-12(11)14/h4-5,7-9H,6H2,1-3H3. The molecule has 112 valence electrons. The van der Waals surface area contributed by atoms with E-state index < -0.39 is 15.0 Å². The number of hydrogen-bond donors (Lipinski definition) is 0. The number of esters is 1. The first-order valence-electron chi connectivity index (χ1n) is 6.06. The van der Waals surface area contributed by atoms with Crippen molar-refractivity contribution in [2.24, 2.45) is 5.92 Å². The van der Waals surface area contributed by atoms with Gasteiger partial charge in [0.2, 0.25) is 0 Å². The predicted octanol–water partition coefficient (Wildman–Crippen LogP) is 3.97. The molecule has 0 aromatic heterocycles. The van der Waals surface area contributed by atoms with E-state index in [-0.39, 0.29) is 16.6 Å². The van der Waals surface area contributed by atoms with Gasteiger partial charge in [-0.15, -0.1) is 0 Å². The summed E-state index contributed by atoms with van der Waals surface area (Å²) in [5.74, 6) is -0.178. The predicted molar refractivity (Wildman–Crippen MR) is 81.5 cm³/mol. The van der Waals surface area contributed by atoms with Crippen molar-refractivity contribution < 1.29 is 17.9 Å². The Kier molecular flexibility index (Phi) is 6.04. The number of rotatable bonds is 5. The Hall–Kier alpha value is -0.590. The summed E-state index contributed by atoms with van der Waals surface area (Å²) in [6.07, 6.45) is 0.488. The molecule has 0 spiro atoms. The van der Waals surface area contributed by atoms with Crippen LogP contribution in [0.1, 0.15) is 37.6 Å². The molecule has 1 unspecified atom stereocenters. The SMILES string of the molecule is CC(C)CC(C)OC(=O)c1cc(S(=O)(=O)Cl)ccc1Br. The van der Waals surface area contributed by atoms with Gasteiger partial charge in [-0.05, 0) is 53.4 Å². The first-order valence-corrected chi connectivity index (χ1v) is 9.16. The lowest BCUT2D eigenvalue weighted by Crippen LogP contribution is -2.17. The lowest BCUT2D eigenvalue weighted by atomic mass is 10.1. The van der Waals surface area contributed by atoms with Crippen molar-refractivity contribution in [3.05, 3.63) is 28.2 Å². The van der Waals surface area contributed by atoms with E-state index in [0.717, 1.165) is 6.42 Å². The van der Waals surface area contributed by atoms with Gasteiger partial charge in [0, 0.05) is 15.2 Å². The molecule has 0 fully saturated rings. The van der Waals surface area contributed by atoms with Crippen molar-refractivity contribution in [3.8, 4) is 0 Å². The second kappa shape index (κ2) is 6.91. The Morgan fingerprint density at radius 2 is 1.95 bits per heavy atom. The molecule has 0 radical (unpaired) electrons. The van der Waals surface area contributed by atoms with Gasteiger partial charge < -0.3 is 4.74 Å². The summed E-state index contributed by atoms with van der Waals surface area (Å²) < 4.78 is 28.3. The number of halogens is 2. The summed E-state index contributed by atoms with van der Waals surface area (Å²) in [5.41, 5.74) is 0.141. The molecule has 1 aromatic carbocycles. The largest absolute Gasteiger partial charge is 0.459 e. The molecule has 20 heavy (non-hydrogen) atoms. The molecule has 7 heteroatoms. The minimum atomic E-state index is -3.88. The fourth-order valence-corrected chi connectivity index (χ4v) is 2.96. The molecule has 0 bridgehead atoms. The number of carbonyl (C=O) groups excluding carboxylic acids is 1. The molecular weight excluding hydrogens is 368 g/mol. The van der Waals surface area contributed by atoms with E-state index in [0.29, 0.717) is 10.4 Å². The molecule has 0 heterocycles. The van der Waals surface area contributed by atoms with Gasteiger partial charge in [-0.3, -0.25) is 0 Å². The minimum absolute atomic E-state index is 0.133. The molecule has 1 aromatic rings. The molecule has 4 nitrogen and oxygen atoms in total. The van der Waals surface area contributed by atoms with Gasteiger partial charge in [0.15, 0.2) is 0 Å². The fourth-order valence-electron chi connectivity index (χ4n) is 1.77. The van der Waals surface area contributed by atoms with Crippen molar-refractivity contribution in [1.29, 1.82) is 0 Å². The zero-order chi connectivity index (χ0) is 15.5. The minimum Gasteiger partial charge on any atom is -0.459 e. The highest BCUT2D eigenvalue weighted by molar-refractivity contribution is 9.10. The van der Waals surface area contributed by atoms with Crippen LogP contribution in [0.2, 0.25) is 0 Å². The molecule has 0 N–H and O–H groups in total. The van der Waals surface area contributed by atoms with E-state index in [1.54, 1.807) is 6.92 Å². The van der Waals surface area contributed by atoms with Crippen molar-refractivity contribution in [2.75, 3.05) is 0 Å². The second-order valence-corrected chi connectivity index (χ2v) is 8.35. The van der Waals surface area contributed by atoms with E-state index in [1.165, 1.54) is 18.2 Å². The molecule has 1 rings (SSSR count). The van der Waals surface area contributed by atoms with Gasteiger partial charge in [-0.25, -0.2) is 13.2 Å². The average molecular weight is 384 g/mol. The summed E-state index contributed by atoms with van der Waals surface area (Å²) in [6.45, 7) is 5.86. The van der Waals surface area contributed by atoms with Crippen molar-refractivity contribution in [2.45, 2.75) is 38.2 Å². The molecule has 1 atom stereocenters. The van der Waals surface area contributed by atoms with E-state index in [2.05, 4.69) is 15.9 Å². The van der Waals surface area contributed by atoms with E-state index >= 15 is 0 Å². The second-order valence-electron chi connectivity index (χ2n) is 4.92. The Labute approximate surface area is 132 Å². The summed E-state index contributed by atoms with van der Waals surface area (Å²) in [5, 5.41) is 0. The van der Waals surface area contributed by atoms with Crippen LogP contribution in [0.15, 0.2) is 27.6 Å². The van der Waals surface area contributed by atoms with E-state index in [9.17, 15) is 13.2 Å².